The topological polar surface area (TPSA) is 41.9 Å². The van der Waals surface area contributed by atoms with Crippen LogP contribution in [0.3, 0.4) is 0 Å². The fraction of sp³-hybridized carbons (Fsp3) is 0.222. The summed E-state index contributed by atoms with van der Waals surface area (Å²) in [5.74, 6) is 0.856. The molecule has 78 valence electrons. The molecule has 0 radical (unpaired) electrons. The number of halogens is 1. The smallest absolute Gasteiger partial charge is 0.213 e. The molecule has 0 fully saturated rings. The highest BCUT2D eigenvalue weighted by atomic mass is 79.9. The SMILES string of the molecule is Cc1nnc(N(C)c2ccc(Br)cn2)s1. The van der Waals surface area contributed by atoms with Crippen molar-refractivity contribution < 1.29 is 0 Å². The zero-order valence-corrected chi connectivity index (χ0v) is 10.7. The number of aromatic nitrogens is 3. The molecule has 0 bridgehead atoms. The summed E-state index contributed by atoms with van der Waals surface area (Å²) in [6, 6.07) is 3.88. The standard InChI is InChI=1S/C9H9BrN4S/c1-6-12-13-9(15-6)14(2)8-4-3-7(10)5-11-8/h3-5H,1-2H3. The van der Waals surface area contributed by atoms with E-state index in [2.05, 4.69) is 31.1 Å². The van der Waals surface area contributed by atoms with Gasteiger partial charge in [-0.2, -0.15) is 0 Å². The van der Waals surface area contributed by atoms with Crippen LogP contribution in [0.15, 0.2) is 22.8 Å². The molecule has 0 saturated carbocycles. The monoisotopic (exact) mass is 284 g/mol. The molecule has 0 saturated heterocycles. The lowest BCUT2D eigenvalue weighted by atomic mass is 10.4. The molecule has 2 heterocycles. The van der Waals surface area contributed by atoms with Gasteiger partial charge in [0.25, 0.3) is 0 Å². The van der Waals surface area contributed by atoms with Crippen molar-refractivity contribution in [1.82, 2.24) is 15.2 Å². The van der Waals surface area contributed by atoms with Crippen LogP contribution in [0.4, 0.5) is 10.9 Å². The quantitative estimate of drug-likeness (QED) is 0.851. The Morgan fingerprint density at radius 3 is 2.67 bits per heavy atom. The third-order valence-corrected chi connectivity index (χ3v) is 3.24. The number of hydrogen-bond donors (Lipinski definition) is 0. The molecule has 0 amide bonds. The first-order valence-electron chi connectivity index (χ1n) is 4.32. The summed E-state index contributed by atoms with van der Waals surface area (Å²) in [6.07, 6.45) is 1.76. The van der Waals surface area contributed by atoms with Crippen LogP contribution in [0, 0.1) is 6.92 Å². The van der Waals surface area contributed by atoms with Crippen molar-refractivity contribution in [3.05, 3.63) is 27.8 Å². The molecule has 0 aromatic carbocycles. The summed E-state index contributed by atoms with van der Waals surface area (Å²) in [5.41, 5.74) is 0. The van der Waals surface area contributed by atoms with Crippen molar-refractivity contribution in [3.8, 4) is 0 Å². The molecule has 0 aliphatic heterocycles. The van der Waals surface area contributed by atoms with Crippen LogP contribution in [-0.2, 0) is 0 Å². The normalized spacial score (nSPS) is 10.3. The van der Waals surface area contributed by atoms with E-state index in [0.29, 0.717) is 0 Å². The number of anilines is 2. The van der Waals surface area contributed by atoms with Crippen molar-refractivity contribution in [3.63, 3.8) is 0 Å². The van der Waals surface area contributed by atoms with Crippen LogP contribution in [-0.4, -0.2) is 22.2 Å². The van der Waals surface area contributed by atoms with Crippen molar-refractivity contribution in [2.75, 3.05) is 11.9 Å². The minimum atomic E-state index is 0.849. The van der Waals surface area contributed by atoms with E-state index in [1.54, 1.807) is 17.5 Å². The van der Waals surface area contributed by atoms with Crippen molar-refractivity contribution in [2.24, 2.45) is 0 Å². The highest BCUT2D eigenvalue weighted by molar-refractivity contribution is 9.10. The fourth-order valence-electron chi connectivity index (χ4n) is 1.09. The average Bonchev–Trinajstić information content (AvgIpc) is 2.65. The summed E-state index contributed by atoms with van der Waals surface area (Å²) < 4.78 is 0.966. The zero-order valence-electron chi connectivity index (χ0n) is 8.31. The van der Waals surface area contributed by atoms with Crippen LogP contribution < -0.4 is 4.90 Å². The molecule has 0 aliphatic carbocycles. The Labute approximate surface area is 100 Å². The molecule has 0 N–H and O–H groups in total. The Hall–Kier alpha value is -1.01. The van der Waals surface area contributed by atoms with Crippen molar-refractivity contribution in [1.29, 1.82) is 0 Å². The van der Waals surface area contributed by atoms with E-state index in [9.17, 15) is 0 Å². The van der Waals surface area contributed by atoms with E-state index >= 15 is 0 Å². The van der Waals surface area contributed by atoms with Gasteiger partial charge in [-0.15, -0.1) is 10.2 Å². The number of pyridine rings is 1. The van der Waals surface area contributed by atoms with Crippen LogP contribution in [0.25, 0.3) is 0 Å². The first-order chi connectivity index (χ1) is 7.16. The molecule has 0 unspecified atom stereocenters. The van der Waals surface area contributed by atoms with Crippen molar-refractivity contribution in [2.45, 2.75) is 6.92 Å². The number of nitrogens with zero attached hydrogens (tertiary/aromatic N) is 4. The summed E-state index contributed by atoms with van der Waals surface area (Å²) in [5, 5.41) is 9.83. The third kappa shape index (κ3) is 2.32. The van der Waals surface area contributed by atoms with Gasteiger partial charge in [0.1, 0.15) is 10.8 Å². The minimum Gasteiger partial charge on any atom is -0.304 e. The van der Waals surface area contributed by atoms with Crippen LogP contribution in [0.1, 0.15) is 5.01 Å². The Morgan fingerprint density at radius 1 is 1.33 bits per heavy atom. The van der Waals surface area contributed by atoms with E-state index in [1.807, 2.05) is 31.0 Å². The first kappa shape index (κ1) is 10.5. The second-order valence-electron chi connectivity index (χ2n) is 3.00. The average molecular weight is 285 g/mol. The lowest BCUT2D eigenvalue weighted by Gasteiger charge is -2.13. The fourth-order valence-corrected chi connectivity index (χ4v) is 1.98. The van der Waals surface area contributed by atoms with E-state index in [1.165, 1.54) is 0 Å². The summed E-state index contributed by atoms with van der Waals surface area (Å²) in [6.45, 7) is 1.93. The maximum atomic E-state index is 4.28. The maximum Gasteiger partial charge on any atom is 0.213 e. The molecule has 6 heteroatoms. The van der Waals surface area contributed by atoms with Crippen molar-refractivity contribution >= 4 is 38.2 Å². The van der Waals surface area contributed by atoms with E-state index in [-0.39, 0.29) is 0 Å². The van der Waals surface area contributed by atoms with Gasteiger partial charge in [-0.3, -0.25) is 0 Å². The molecule has 2 aromatic rings. The van der Waals surface area contributed by atoms with E-state index in [4.69, 9.17) is 0 Å². The molecule has 0 atom stereocenters. The lowest BCUT2D eigenvalue weighted by Crippen LogP contribution is -2.10. The third-order valence-electron chi connectivity index (χ3n) is 1.86. The van der Waals surface area contributed by atoms with Crippen LogP contribution >= 0.6 is 27.3 Å². The molecular weight excluding hydrogens is 276 g/mol. The summed E-state index contributed by atoms with van der Waals surface area (Å²) >= 11 is 4.90. The predicted octanol–water partition coefficient (Wildman–Crippen LogP) is 2.77. The predicted molar refractivity (Wildman–Crippen MR) is 64.6 cm³/mol. The van der Waals surface area contributed by atoms with Gasteiger partial charge in [0.15, 0.2) is 0 Å². The summed E-state index contributed by atoms with van der Waals surface area (Å²) in [4.78, 5) is 6.20. The molecular formula is C9H9BrN4S. The largest absolute Gasteiger partial charge is 0.304 e. The highest BCUT2D eigenvalue weighted by Gasteiger charge is 2.09. The van der Waals surface area contributed by atoms with E-state index < -0.39 is 0 Å². The minimum absolute atomic E-state index is 0.849. The number of aryl methyl sites for hydroxylation is 1. The van der Waals surface area contributed by atoms with Gasteiger partial charge < -0.3 is 4.90 Å². The lowest BCUT2D eigenvalue weighted by molar-refractivity contribution is 1.00. The first-order valence-corrected chi connectivity index (χ1v) is 5.93. The van der Waals surface area contributed by atoms with Gasteiger partial charge in [0.2, 0.25) is 5.13 Å². The molecule has 2 rings (SSSR count). The van der Waals surface area contributed by atoms with Gasteiger partial charge >= 0.3 is 0 Å². The number of rotatable bonds is 2. The molecule has 0 spiro atoms. The molecule has 0 aliphatic rings. The summed E-state index contributed by atoms with van der Waals surface area (Å²) in [7, 11) is 1.93. The van der Waals surface area contributed by atoms with Gasteiger partial charge in [0.05, 0.1) is 0 Å². The second-order valence-corrected chi connectivity index (χ2v) is 5.07. The van der Waals surface area contributed by atoms with Gasteiger partial charge in [-0.1, -0.05) is 11.3 Å². The Kier molecular flexibility index (Phi) is 2.97. The van der Waals surface area contributed by atoms with E-state index in [0.717, 1.165) is 20.4 Å². The van der Waals surface area contributed by atoms with Crippen LogP contribution in [0.5, 0.6) is 0 Å². The molecule has 15 heavy (non-hydrogen) atoms. The number of hydrogen-bond acceptors (Lipinski definition) is 5. The van der Waals surface area contributed by atoms with Gasteiger partial charge in [-0.05, 0) is 35.0 Å². The Morgan fingerprint density at radius 2 is 2.13 bits per heavy atom. The zero-order chi connectivity index (χ0) is 10.8. The molecule has 2 aromatic heterocycles. The molecule has 4 nitrogen and oxygen atoms in total. The maximum absolute atomic E-state index is 4.28. The highest BCUT2D eigenvalue weighted by Crippen LogP contribution is 2.25. The Balaban J connectivity index is 2.28. The van der Waals surface area contributed by atoms with Crippen LogP contribution in [0.2, 0.25) is 0 Å². The second kappa shape index (κ2) is 4.24. The van der Waals surface area contributed by atoms with Gasteiger partial charge in [0, 0.05) is 17.7 Å². The van der Waals surface area contributed by atoms with Gasteiger partial charge in [-0.25, -0.2) is 4.98 Å². The Bertz CT molecular complexity index is 453.